The van der Waals surface area contributed by atoms with Gasteiger partial charge in [-0.2, -0.15) is 0 Å². The molecular weight excluding hydrogens is 995 g/mol. The number of carbonyl (C=O) groups is 8. The van der Waals surface area contributed by atoms with Crippen molar-refractivity contribution in [2.75, 3.05) is 26.7 Å². The summed E-state index contributed by atoms with van der Waals surface area (Å²) in [6.07, 6.45) is 2.97. The van der Waals surface area contributed by atoms with Crippen LogP contribution in [0, 0.1) is 32.1 Å². The number of aromatic amines is 1. The maximum atomic E-state index is 14.5. The van der Waals surface area contributed by atoms with Gasteiger partial charge in [0.15, 0.2) is 5.96 Å². The topological polar surface area (TPSA) is 424 Å². The third-order valence-corrected chi connectivity index (χ3v) is 12.3. The molecule has 13 N–H and O–H groups in total. The summed E-state index contributed by atoms with van der Waals surface area (Å²) in [6, 6.07) is 1.07. The lowest BCUT2D eigenvalue weighted by Gasteiger charge is -2.31. The number of amides is 7. The number of benzene rings is 2. The molecule has 28 nitrogen and oxygen atoms in total. The Hall–Kier alpha value is -8.56. The van der Waals surface area contributed by atoms with Crippen LogP contribution in [-0.2, 0) is 57.6 Å². The van der Waals surface area contributed by atoms with Crippen LogP contribution in [0.25, 0.3) is 0 Å². The number of guanidine groups is 1. The van der Waals surface area contributed by atoms with E-state index in [2.05, 4.69) is 52.2 Å². The maximum absolute atomic E-state index is 14.5. The molecule has 7 amide bonds. The first-order valence-corrected chi connectivity index (χ1v) is 24.5. The summed E-state index contributed by atoms with van der Waals surface area (Å²) in [5.74, 6) is -8.09. The largest absolute Gasteiger partial charge is 0.480 e. The molecule has 7 atom stereocenters. The predicted octanol–water partition coefficient (Wildman–Crippen LogP) is -1.18. The molecule has 412 valence electrons. The molecule has 2 aromatic carbocycles. The van der Waals surface area contributed by atoms with Crippen molar-refractivity contribution in [1.29, 1.82) is 0 Å². The Morgan fingerprint density at radius 2 is 1.26 bits per heavy atom. The van der Waals surface area contributed by atoms with Crippen molar-refractivity contribution in [2.24, 2.45) is 28.3 Å². The minimum atomic E-state index is -1.48. The van der Waals surface area contributed by atoms with Crippen molar-refractivity contribution in [3.63, 3.8) is 0 Å². The Kier molecular flexibility index (Phi) is 22.7. The monoisotopic (exact) mass is 1060 g/mol. The molecule has 0 radical (unpaired) electrons. The van der Waals surface area contributed by atoms with Crippen LogP contribution in [0.15, 0.2) is 66.0 Å². The van der Waals surface area contributed by atoms with Crippen molar-refractivity contribution in [2.45, 2.75) is 115 Å². The Balaban J connectivity index is 1.58. The highest BCUT2D eigenvalue weighted by Gasteiger charge is 2.41. The van der Waals surface area contributed by atoms with Gasteiger partial charge in [-0.1, -0.05) is 52.0 Å². The van der Waals surface area contributed by atoms with Crippen LogP contribution < -0.4 is 48.7 Å². The van der Waals surface area contributed by atoms with Gasteiger partial charge in [0.05, 0.1) is 22.7 Å². The van der Waals surface area contributed by atoms with E-state index in [1.54, 1.807) is 34.7 Å². The molecule has 3 aromatic rings. The number of carboxylic acid groups (broad SMARTS) is 1. The number of likely N-dealkylation sites (N-methyl/N-ethyl adjacent to an activating group) is 1. The number of nitrogens with one attached hydrogen (secondary N) is 8. The molecule has 1 aliphatic rings. The van der Waals surface area contributed by atoms with Crippen LogP contribution >= 0.6 is 0 Å². The zero-order chi connectivity index (χ0) is 56.2. The number of carboxylic acids is 1. The molecule has 0 saturated carbocycles. The zero-order valence-electron chi connectivity index (χ0n) is 42.8. The van der Waals surface area contributed by atoms with Crippen LogP contribution in [-0.4, -0.2) is 152 Å². The fourth-order valence-corrected chi connectivity index (χ4v) is 8.25. The summed E-state index contributed by atoms with van der Waals surface area (Å²) in [7, 11) is 1.54. The van der Waals surface area contributed by atoms with Gasteiger partial charge in [0.25, 0.3) is 11.4 Å². The molecule has 1 saturated heterocycles. The van der Waals surface area contributed by atoms with E-state index in [0.717, 1.165) is 0 Å². The lowest BCUT2D eigenvalue weighted by atomic mass is 9.98. The van der Waals surface area contributed by atoms with Crippen molar-refractivity contribution >= 4 is 64.7 Å². The molecule has 1 fully saturated rings. The van der Waals surface area contributed by atoms with Gasteiger partial charge in [0.2, 0.25) is 41.4 Å². The van der Waals surface area contributed by atoms with Crippen LogP contribution in [0.3, 0.4) is 0 Å². The predicted molar refractivity (Wildman–Crippen MR) is 273 cm³/mol. The zero-order valence-corrected chi connectivity index (χ0v) is 42.8. The minimum absolute atomic E-state index is 0.0591. The lowest BCUT2D eigenvalue weighted by molar-refractivity contribution is -0.385. The number of nitro groups is 2. The van der Waals surface area contributed by atoms with Gasteiger partial charge in [0, 0.05) is 68.5 Å². The molecule has 1 aromatic heterocycles. The first-order chi connectivity index (χ1) is 36.0. The van der Waals surface area contributed by atoms with E-state index in [1.165, 1.54) is 66.0 Å². The second kappa shape index (κ2) is 28.8. The van der Waals surface area contributed by atoms with E-state index in [9.17, 15) is 63.7 Å². The average molecular weight is 1060 g/mol. The molecule has 2 heterocycles. The number of hydrogen-bond acceptors (Lipinski definition) is 15. The normalized spacial score (nSPS) is 15.5. The van der Waals surface area contributed by atoms with Crippen molar-refractivity contribution in [3.8, 4) is 0 Å². The van der Waals surface area contributed by atoms with Crippen molar-refractivity contribution < 1.29 is 53.3 Å². The summed E-state index contributed by atoms with van der Waals surface area (Å²) >= 11 is 0. The Bertz CT molecular complexity index is 2550. The highest BCUT2D eigenvalue weighted by Crippen LogP contribution is 2.22. The number of aliphatic imine (C=N–C) groups is 1. The number of nitrogens with zero attached hydrogens (tertiary/aromatic N) is 5. The van der Waals surface area contributed by atoms with Crippen LogP contribution in [0.4, 0.5) is 11.4 Å². The number of aromatic nitrogens is 2. The molecule has 0 unspecified atom stereocenters. The number of nitrogens with two attached hydrogens (primary N) is 2. The van der Waals surface area contributed by atoms with Gasteiger partial charge in [-0.15, -0.1) is 0 Å². The van der Waals surface area contributed by atoms with E-state index in [4.69, 9.17) is 11.5 Å². The minimum Gasteiger partial charge on any atom is -0.480 e. The van der Waals surface area contributed by atoms with Gasteiger partial charge in [-0.3, -0.25) is 58.8 Å². The van der Waals surface area contributed by atoms with Gasteiger partial charge in [-0.25, -0.2) is 9.78 Å². The third kappa shape index (κ3) is 18.1. The third-order valence-electron chi connectivity index (χ3n) is 12.3. The number of likely N-dealkylation sites (tertiary alicyclic amines) is 1. The number of aliphatic carboxylic acids is 1. The number of rotatable bonds is 29. The maximum Gasteiger partial charge on any atom is 0.326 e. The second-order valence-electron chi connectivity index (χ2n) is 18.8. The van der Waals surface area contributed by atoms with E-state index in [1.807, 2.05) is 0 Å². The number of carbonyl (C=O) groups excluding carboxylic acids is 7. The van der Waals surface area contributed by atoms with Gasteiger partial charge >= 0.3 is 5.97 Å². The summed E-state index contributed by atoms with van der Waals surface area (Å²) < 4.78 is 0. The Labute approximate surface area is 437 Å². The number of nitro benzene ring substituents is 2. The molecule has 4 rings (SSSR count). The molecule has 0 spiro atoms. The fourth-order valence-electron chi connectivity index (χ4n) is 8.25. The summed E-state index contributed by atoms with van der Waals surface area (Å²) in [6.45, 7) is 6.59. The molecule has 0 aliphatic carbocycles. The van der Waals surface area contributed by atoms with Crippen LogP contribution in [0.5, 0.6) is 0 Å². The highest BCUT2D eigenvalue weighted by molar-refractivity contribution is 5.98. The summed E-state index contributed by atoms with van der Waals surface area (Å²) in [4.78, 5) is 144. The smallest absolute Gasteiger partial charge is 0.326 e. The SMILES string of the molecule is CNCC(=O)N[C@@H](CCCN=C(N)N)C(=O)N[C@H](C(=O)N[C@@H](Cc1ccc([N+](=O)[O-])cc1)C(=O)N[C@H](C(=O)N[C@@H](Cc1cnc[nH]1)C(=O)N1CCC[C@H]1C(=O)N[C@@H](Cc1ccc([N+](=O)[O-])cc1)C(=O)O)C(C)C)C(C)C. The van der Waals surface area contributed by atoms with Crippen molar-refractivity contribution in [3.05, 3.63) is 98.1 Å². The number of non-ortho nitro benzene ring substituents is 2. The molecule has 28 heteroatoms. The van der Waals surface area contributed by atoms with E-state index >= 15 is 0 Å². The standard InChI is InChI=1S/C48H67N15O13/c1-26(2)39(59-41(65)33(55-38(64)24-51-5)8-6-18-53-48(49)50)44(68)56-34(20-28-10-14-31(15-11-28)62(73)74)42(66)60-40(27(3)4)45(69)57-35(22-30-23-52-25-54-30)46(70)61-19-7-9-37(61)43(67)58-36(47(71)72)21-29-12-16-32(17-13-29)63(75)76/h10-17,23,25-27,33-37,39-40,51H,6-9,18-22,24H2,1-5H3,(H,52,54)(H,55,64)(H,56,68)(H,57,69)(H,58,67)(H,59,65)(H,60,66)(H,71,72)(H4,49,50,53)/t33-,34-,35-,36-,37-,39-,40-/m0/s1. The lowest BCUT2D eigenvalue weighted by Crippen LogP contribution is -2.61. The number of imidazole rings is 1. The van der Waals surface area contributed by atoms with E-state index in [-0.39, 0.29) is 75.5 Å². The molecular formula is C48H67N15O13. The molecule has 76 heavy (non-hydrogen) atoms. The van der Waals surface area contributed by atoms with E-state index < -0.39 is 111 Å². The van der Waals surface area contributed by atoms with Crippen LogP contribution in [0.1, 0.15) is 70.2 Å². The fraction of sp³-hybridized carbons (Fsp3) is 0.500. The van der Waals surface area contributed by atoms with Gasteiger partial charge in [0.1, 0.15) is 42.3 Å². The summed E-state index contributed by atoms with van der Waals surface area (Å²) in [5, 5.41) is 51.2. The first-order valence-electron chi connectivity index (χ1n) is 24.5. The van der Waals surface area contributed by atoms with Gasteiger partial charge < -0.3 is 63.7 Å². The molecule has 0 bridgehead atoms. The number of H-pyrrole nitrogens is 1. The molecule has 1 aliphatic heterocycles. The summed E-state index contributed by atoms with van der Waals surface area (Å²) in [5.41, 5.74) is 11.6. The first kappa shape index (κ1) is 60.0. The highest BCUT2D eigenvalue weighted by atomic mass is 16.6. The van der Waals surface area contributed by atoms with Crippen LogP contribution in [0.2, 0.25) is 0 Å². The number of hydrogen-bond donors (Lipinski definition) is 11. The van der Waals surface area contributed by atoms with Crippen molar-refractivity contribution in [1.82, 2.24) is 52.1 Å². The van der Waals surface area contributed by atoms with Gasteiger partial charge in [-0.05, 0) is 55.7 Å². The van der Waals surface area contributed by atoms with E-state index in [0.29, 0.717) is 23.2 Å². The quantitative estimate of drug-likeness (QED) is 0.0128. The average Bonchev–Trinajstić information content (AvgIpc) is 4.08. The Morgan fingerprint density at radius 1 is 0.737 bits per heavy atom. The second-order valence-corrected chi connectivity index (χ2v) is 18.8. The Morgan fingerprint density at radius 3 is 1.74 bits per heavy atom.